The van der Waals surface area contributed by atoms with E-state index in [2.05, 4.69) is 19.2 Å². The second kappa shape index (κ2) is 18.4. The van der Waals surface area contributed by atoms with Gasteiger partial charge in [-0.05, 0) is 37.7 Å². The molecule has 0 radical (unpaired) electrons. The first-order chi connectivity index (χ1) is 16.7. The molecule has 9 heteroatoms. The summed E-state index contributed by atoms with van der Waals surface area (Å²) in [6, 6.07) is 8.75. The van der Waals surface area contributed by atoms with Gasteiger partial charge in [0.2, 0.25) is 5.91 Å². The number of rotatable bonds is 19. The summed E-state index contributed by atoms with van der Waals surface area (Å²) < 4.78 is 22.3. The van der Waals surface area contributed by atoms with Crippen molar-refractivity contribution in [2.45, 2.75) is 110 Å². The van der Waals surface area contributed by atoms with Crippen molar-refractivity contribution in [2.75, 3.05) is 6.16 Å². The number of unbranched alkanes of at least 4 members (excludes halogenated alkanes) is 6. The summed E-state index contributed by atoms with van der Waals surface area (Å²) in [6.07, 6.45) is 7.51. The average Bonchev–Trinajstić information content (AvgIpc) is 2.81. The molecule has 0 bridgehead atoms. The number of carbonyl (C=O) groups excluding carboxylic acids is 2. The van der Waals surface area contributed by atoms with Crippen LogP contribution in [0.1, 0.15) is 96.5 Å². The Labute approximate surface area is 210 Å². The number of carbonyl (C=O) groups is 2. The Balaban J connectivity index is 2.85. The molecule has 3 N–H and O–H groups in total. The van der Waals surface area contributed by atoms with Crippen LogP contribution in [0, 0.1) is 0 Å². The first-order valence-corrected chi connectivity index (χ1v) is 14.8. The van der Waals surface area contributed by atoms with Crippen molar-refractivity contribution in [1.82, 2.24) is 5.32 Å². The first kappa shape index (κ1) is 31.1. The minimum atomic E-state index is -4.16. The molecule has 0 saturated heterocycles. The normalized spacial score (nSPS) is 13.1. The molecule has 2 atom stereocenters. The fraction of sp³-hybridized carbons (Fsp3) is 0.692. The molecule has 1 aromatic carbocycles. The predicted molar refractivity (Wildman–Crippen MR) is 137 cm³/mol. The molecule has 0 aliphatic rings. The summed E-state index contributed by atoms with van der Waals surface area (Å²) in [7, 11) is -4.16. The summed E-state index contributed by atoms with van der Waals surface area (Å²) in [5, 5.41) is 2.97. The molecule has 0 aliphatic carbocycles. The lowest BCUT2D eigenvalue weighted by atomic mass is 9.99. The second-order valence-electron chi connectivity index (χ2n) is 9.05. The molecule has 200 valence electrons. The largest absolute Gasteiger partial charge is 0.508 e. The van der Waals surface area contributed by atoms with Crippen molar-refractivity contribution in [3.63, 3.8) is 0 Å². The summed E-state index contributed by atoms with van der Waals surface area (Å²) in [4.78, 5) is 43.6. The van der Waals surface area contributed by atoms with Crippen LogP contribution in [0.2, 0.25) is 0 Å². The fourth-order valence-corrected chi connectivity index (χ4v) is 4.44. The summed E-state index contributed by atoms with van der Waals surface area (Å²) in [5.41, 5.74) is 0.836. The molecule has 0 aliphatic heterocycles. The molecule has 0 aromatic heterocycles. The van der Waals surface area contributed by atoms with Gasteiger partial charge in [0, 0.05) is 12.6 Å². The van der Waals surface area contributed by atoms with Gasteiger partial charge in [0.1, 0.15) is 12.7 Å². The van der Waals surface area contributed by atoms with Gasteiger partial charge >= 0.3 is 13.8 Å². The van der Waals surface area contributed by atoms with E-state index in [1.807, 2.05) is 30.3 Å². The summed E-state index contributed by atoms with van der Waals surface area (Å²) >= 11 is 0. The molecule has 8 nitrogen and oxygen atoms in total. The van der Waals surface area contributed by atoms with E-state index in [9.17, 15) is 23.9 Å². The minimum absolute atomic E-state index is 0.0785. The maximum absolute atomic E-state index is 12.6. The molecule has 35 heavy (non-hydrogen) atoms. The zero-order chi connectivity index (χ0) is 25.9. The average molecular weight is 514 g/mol. The Morgan fingerprint density at radius 3 is 2.23 bits per heavy atom. The van der Waals surface area contributed by atoms with E-state index >= 15 is 0 Å². The first-order valence-electron chi connectivity index (χ1n) is 13.0. The number of nitrogens with one attached hydrogen (secondary N) is 1. The molecular formula is C26H44NO7P. The smallest absolute Gasteiger partial charge is 0.429 e. The Hall–Kier alpha value is -1.89. The van der Waals surface area contributed by atoms with Crippen LogP contribution in [0.3, 0.4) is 0 Å². The summed E-state index contributed by atoms with van der Waals surface area (Å²) in [6.45, 7) is 4.28. The van der Waals surface area contributed by atoms with Crippen molar-refractivity contribution in [3.05, 3.63) is 35.9 Å². The molecule has 0 heterocycles. The van der Waals surface area contributed by atoms with Crippen molar-refractivity contribution in [2.24, 2.45) is 0 Å². The van der Waals surface area contributed by atoms with Crippen LogP contribution in [-0.2, 0) is 25.4 Å². The van der Waals surface area contributed by atoms with Crippen molar-refractivity contribution in [3.8, 4) is 0 Å². The lowest BCUT2D eigenvalue weighted by Gasteiger charge is -2.28. The van der Waals surface area contributed by atoms with E-state index < -0.39 is 25.9 Å². The topological polar surface area (TPSA) is 122 Å². The second-order valence-corrected chi connectivity index (χ2v) is 10.8. The van der Waals surface area contributed by atoms with Gasteiger partial charge in [-0.3, -0.25) is 9.36 Å². The van der Waals surface area contributed by atoms with Gasteiger partial charge in [-0.15, -0.1) is 0 Å². The number of ether oxygens (including phenoxy) is 2. The third-order valence-electron chi connectivity index (χ3n) is 5.81. The fourth-order valence-electron chi connectivity index (χ4n) is 3.85. The lowest BCUT2D eigenvalue weighted by molar-refractivity contribution is -0.123. The Morgan fingerprint density at radius 2 is 1.57 bits per heavy atom. The van der Waals surface area contributed by atoms with Crippen LogP contribution < -0.4 is 5.32 Å². The van der Waals surface area contributed by atoms with Gasteiger partial charge in [0.15, 0.2) is 0 Å². The van der Waals surface area contributed by atoms with Crippen LogP contribution >= 0.6 is 7.60 Å². The van der Waals surface area contributed by atoms with E-state index in [1.54, 1.807) is 0 Å². The van der Waals surface area contributed by atoms with Gasteiger partial charge in [-0.25, -0.2) is 4.79 Å². The van der Waals surface area contributed by atoms with E-state index in [-0.39, 0.29) is 25.1 Å². The monoisotopic (exact) mass is 513 g/mol. The van der Waals surface area contributed by atoms with E-state index in [0.29, 0.717) is 19.3 Å². The third-order valence-corrected chi connectivity index (χ3v) is 6.71. The van der Waals surface area contributed by atoms with E-state index in [1.165, 1.54) is 0 Å². The Bertz CT molecular complexity index is 753. The lowest BCUT2D eigenvalue weighted by Crippen LogP contribution is -2.45. The SMILES string of the molecule is CCCCCCC[C@@H](OC(=O)OCc1ccccc1)[C@H](CCCP(=O)(O)O)NC(=O)CCCCC. The highest BCUT2D eigenvalue weighted by Crippen LogP contribution is 2.35. The Morgan fingerprint density at radius 1 is 0.914 bits per heavy atom. The van der Waals surface area contributed by atoms with Gasteiger partial charge in [-0.1, -0.05) is 82.7 Å². The zero-order valence-electron chi connectivity index (χ0n) is 21.3. The number of amides is 1. The number of hydrogen-bond donors (Lipinski definition) is 3. The molecular weight excluding hydrogens is 469 g/mol. The number of benzene rings is 1. The van der Waals surface area contributed by atoms with Gasteiger partial charge in [-0.2, -0.15) is 0 Å². The molecule has 0 unspecified atom stereocenters. The minimum Gasteiger partial charge on any atom is -0.429 e. The zero-order valence-corrected chi connectivity index (χ0v) is 22.2. The molecule has 1 amide bonds. The van der Waals surface area contributed by atoms with Gasteiger partial charge in [0.25, 0.3) is 0 Å². The Kier molecular flexibility index (Phi) is 16.4. The molecule has 1 rings (SSSR count). The van der Waals surface area contributed by atoms with Gasteiger partial charge in [0.05, 0.1) is 6.04 Å². The van der Waals surface area contributed by atoms with E-state index in [4.69, 9.17) is 9.47 Å². The van der Waals surface area contributed by atoms with Crippen LogP contribution in [0.4, 0.5) is 4.79 Å². The van der Waals surface area contributed by atoms with Crippen molar-refractivity contribution in [1.29, 1.82) is 0 Å². The molecule has 0 saturated carbocycles. The van der Waals surface area contributed by atoms with Crippen LogP contribution in [0.25, 0.3) is 0 Å². The maximum atomic E-state index is 12.6. The van der Waals surface area contributed by atoms with Crippen LogP contribution in [-0.4, -0.2) is 40.2 Å². The predicted octanol–water partition coefficient (Wildman–Crippen LogP) is 6.09. The van der Waals surface area contributed by atoms with Crippen LogP contribution in [0.15, 0.2) is 30.3 Å². The third kappa shape index (κ3) is 16.4. The molecule has 0 spiro atoms. The van der Waals surface area contributed by atoms with Crippen LogP contribution in [0.5, 0.6) is 0 Å². The van der Waals surface area contributed by atoms with E-state index in [0.717, 1.165) is 56.9 Å². The standard InChI is InChI=1S/C26H44NO7P/c1-3-5-7-8-13-18-24(34-26(29)33-21-22-15-11-9-12-16-22)23(17-14-20-35(30,31)32)27-25(28)19-10-6-4-2/h9,11-12,15-16,23-24H,3-8,10,13-14,17-21H2,1-2H3,(H,27,28)(H2,30,31,32)/t23-,24+/m0/s1. The summed E-state index contributed by atoms with van der Waals surface area (Å²) in [5.74, 6) is -0.142. The molecule has 0 fully saturated rings. The van der Waals surface area contributed by atoms with Crippen molar-refractivity contribution >= 4 is 19.7 Å². The van der Waals surface area contributed by atoms with Crippen molar-refractivity contribution < 1.29 is 33.4 Å². The maximum Gasteiger partial charge on any atom is 0.508 e. The molecule has 1 aromatic rings. The van der Waals surface area contributed by atoms with Gasteiger partial charge < -0.3 is 24.6 Å². The highest BCUT2D eigenvalue weighted by atomic mass is 31.2. The highest BCUT2D eigenvalue weighted by molar-refractivity contribution is 7.51. The quantitative estimate of drug-likeness (QED) is 0.116. The number of hydrogen-bond acceptors (Lipinski definition) is 5. The highest BCUT2D eigenvalue weighted by Gasteiger charge is 2.28.